The number of anilines is 1. The van der Waals surface area contributed by atoms with Crippen LogP contribution in [0.1, 0.15) is 18.9 Å². The predicted octanol–water partition coefficient (Wildman–Crippen LogP) is 4.04. The predicted molar refractivity (Wildman–Crippen MR) is 123 cm³/mol. The molecule has 0 saturated heterocycles. The number of fused-ring (bicyclic) bond motifs is 1. The van der Waals surface area contributed by atoms with Crippen molar-refractivity contribution in [2.75, 3.05) is 12.4 Å². The first-order chi connectivity index (χ1) is 14.8. The van der Waals surface area contributed by atoms with Crippen LogP contribution < -0.4 is 10.9 Å². The monoisotopic (exact) mass is 459 g/mol. The molecule has 0 radical (unpaired) electrons. The molecule has 0 fully saturated rings. The van der Waals surface area contributed by atoms with Gasteiger partial charge in [-0.25, -0.2) is 4.98 Å². The lowest BCUT2D eigenvalue weighted by atomic mass is 10.2. The number of hydrogen-bond acceptors (Lipinski definition) is 6. The van der Waals surface area contributed by atoms with Gasteiger partial charge in [0.2, 0.25) is 5.91 Å². The minimum Gasteiger partial charge on any atom is -0.469 e. The molecule has 0 bridgehead atoms. The minimum atomic E-state index is -0.559. The Morgan fingerprint density at radius 1 is 1.26 bits per heavy atom. The number of aromatic nitrogens is 2. The van der Waals surface area contributed by atoms with Crippen molar-refractivity contribution in [1.29, 1.82) is 0 Å². The topological polar surface area (TPSA) is 90.3 Å². The lowest BCUT2D eigenvalue weighted by molar-refractivity contribution is -0.140. The molecule has 3 aromatic rings. The number of thioether (sulfide) groups is 1. The van der Waals surface area contributed by atoms with E-state index in [0.29, 0.717) is 26.8 Å². The molecular formula is C22H22ClN3O4S. The van der Waals surface area contributed by atoms with Crippen molar-refractivity contribution < 1.29 is 14.3 Å². The van der Waals surface area contributed by atoms with Gasteiger partial charge in [0.05, 0.1) is 29.7 Å². The summed E-state index contributed by atoms with van der Waals surface area (Å²) < 4.78 is 6.10. The van der Waals surface area contributed by atoms with E-state index in [1.54, 1.807) is 43.3 Å². The van der Waals surface area contributed by atoms with Crippen LogP contribution in [-0.2, 0) is 20.9 Å². The lowest BCUT2D eigenvalue weighted by Gasteiger charge is -2.17. The van der Waals surface area contributed by atoms with Crippen LogP contribution in [0.25, 0.3) is 10.9 Å². The molecule has 1 N–H and O–H groups in total. The zero-order valence-electron chi connectivity index (χ0n) is 17.3. The number of amides is 1. The molecule has 0 aliphatic rings. The highest BCUT2D eigenvalue weighted by Crippen LogP contribution is 2.25. The Bertz CT molecular complexity index is 1200. The molecule has 0 spiro atoms. The number of nitrogens with one attached hydrogen (secondary N) is 1. The molecule has 0 aliphatic heterocycles. The number of rotatable bonds is 7. The number of carbonyl (C=O) groups excluding carboxylic acids is 2. The molecule has 31 heavy (non-hydrogen) atoms. The Labute approximate surface area is 188 Å². The van der Waals surface area contributed by atoms with Gasteiger partial charge >= 0.3 is 5.97 Å². The maximum atomic E-state index is 13.0. The number of carbonyl (C=O) groups is 2. The number of para-hydroxylation sites is 1. The number of aryl methyl sites for hydroxylation is 1. The average molecular weight is 460 g/mol. The molecular weight excluding hydrogens is 438 g/mol. The van der Waals surface area contributed by atoms with E-state index in [0.717, 1.165) is 17.3 Å². The van der Waals surface area contributed by atoms with Gasteiger partial charge in [0.25, 0.3) is 5.56 Å². The fourth-order valence-electron chi connectivity index (χ4n) is 2.91. The van der Waals surface area contributed by atoms with E-state index >= 15 is 0 Å². The van der Waals surface area contributed by atoms with E-state index in [-0.39, 0.29) is 24.4 Å². The summed E-state index contributed by atoms with van der Waals surface area (Å²) in [6.07, 6.45) is 0.0201. The van der Waals surface area contributed by atoms with E-state index in [4.69, 9.17) is 11.6 Å². The van der Waals surface area contributed by atoms with E-state index in [9.17, 15) is 14.4 Å². The zero-order valence-corrected chi connectivity index (χ0v) is 18.9. The summed E-state index contributed by atoms with van der Waals surface area (Å²) >= 11 is 7.18. The van der Waals surface area contributed by atoms with Gasteiger partial charge in [-0.1, -0.05) is 41.6 Å². The van der Waals surface area contributed by atoms with Gasteiger partial charge in [-0.15, -0.1) is 0 Å². The normalized spacial score (nSPS) is 11.9. The smallest absolute Gasteiger partial charge is 0.307 e. The number of hydrogen-bond donors (Lipinski definition) is 1. The maximum Gasteiger partial charge on any atom is 0.307 e. The minimum absolute atomic E-state index is 0.0201. The number of ether oxygens (including phenoxy) is 1. The Morgan fingerprint density at radius 2 is 2.00 bits per heavy atom. The second kappa shape index (κ2) is 9.98. The van der Waals surface area contributed by atoms with Crippen molar-refractivity contribution in [3.63, 3.8) is 0 Å². The lowest BCUT2D eigenvalue weighted by Crippen LogP contribution is -2.28. The second-order valence-electron chi connectivity index (χ2n) is 6.90. The van der Waals surface area contributed by atoms with Crippen molar-refractivity contribution in [2.45, 2.75) is 37.2 Å². The number of benzene rings is 2. The number of esters is 1. The summed E-state index contributed by atoms with van der Waals surface area (Å²) in [4.78, 5) is 42.0. The van der Waals surface area contributed by atoms with E-state index in [1.807, 2.05) is 13.0 Å². The Balaban J connectivity index is 1.89. The third-order valence-electron chi connectivity index (χ3n) is 4.70. The van der Waals surface area contributed by atoms with Gasteiger partial charge in [0.1, 0.15) is 0 Å². The molecule has 7 nitrogen and oxygen atoms in total. The van der Waals surface area contributed by atoms with Gasteiger partial charge in [0.15, 0.2) is 5.16 Å². The van der Waals surface area contributed by atoms with Crippen LogP contribution in [0.15, 0.2) is 52.4 Å². The highest BCUT2D eigenvalue weighted by atomic mass is 35.5. The molecule has 1 amide bonds. The summed E-state index contributed by atoms with van der Waals surface area (Å²) in [5.41, 5.74) is 1.77. The van der Waals surface area contributed by atoms with Crippen LogP contribution in [-0.4, -0.2) is 33.8 Å². The summed E-state index contributed by atoms with van der Waals surface area (Å²) in [5.74, 6) is -0.685. The molecule has 0 saturated carbocycles. The summed E-state index contributed by atoms with van der Waals surface area (Å²) in [5, 5.41) is 3.64. The number of methoxy groups -OCH3 is 1. The maximum absolute atomic E-state index is 13.0. The second-order valence-corrected chi connectivity index (χ2v) is 8.65. The Kier molecular flexibility index (Phi) is 7.35. The van der Waals surface area contributed by atoms with Gasteiger partial charge in [-0.05, 0) is 43.7 Å². The van der Waals surface area contributed by atoms with Crippen molar-refractivity contribution in [3.8, 4) is 0 Å². The quantitative estimate of drug-likeness (QED) is 0.326. The standard InChI is InChI=1S/C22H22ClN3O4S/c1-13-8-9-15(23)12-18(13)24-20(28)14(2)31-22-25-17-7-5-4-6-16(17)21(29)26(22)11-10-19(27)30-3/h4-9,12,14H,10-11H2,1-3H3,(H,24,28). The fraction of sp³-hybridized carbons (Fsp3) is 0.273. The summed E-state index contributed by atoms with van der Waals surface area (Å²) in [6.45, 7) is 3.71. The van der Waals surface area contributed by atoms with Gasteiger partial charge in [-0.3, -0.25) is 19.0 Å². The summed E-state index contributed by atoms with van der Waals surface area (Å²) in [6, 6.07) is 12.2. The SMILES string of the molecule is COC(=O)CCn1c(SC(C)C(=O)Nc2cc(Cl)ccc2C)nc2ccccc2c1=O. The molecule has 1 atom stereocenters. The van der Waals surface area contributed by atoms with Crippen LogP contribution in [0.4, 0.5) is 5.69 Å². The van der Waals surface area contributed by atoms with Gasteiger partial charge < -0.3 is 10.1 Å². The molecule has 1 aromatic heterocycles. The molecule has 0 aliphatic carbocycles. The van der Waals surface area contributed by atoms with Crippen molar-refractivity contribution in [2.24, 2.45) is 0 Å². The largest absolute Gasteiger partial charge is 0.469 e. The van der Waals surface area contributed by atoms with Crippen LogP contribution in [0.5, 0.6) is 0 Å². The van der Waals surface area contributed by atoms with Gasteiger partial charge in [0, 0.05) is 17.3 Å². The third kappa shape index (κ3) is 5.45. The Hall–Kier alpha value is -2.84. The molecule has 1 heterocycles. The first kappa shape index (κ1) is 22.8. The Morgan fingerprint density at radius 3 is 2.74 bits per heavy atom. The first-order valence-corrected chi connectivity index (χ1v) is 10.9. The zero-order chi connectivity index (χ0) is 22.5. The van der Waals surface area contributed by atoms with Crippen LogP contribution in [0.3, 0.4) is 0 Å². The van der Waals surface area contributed by atoms with E-state index < -0.39 is 11.2 Å². The average Bonchev–Trinajstić information content (AvgIpc) is 2.75. The first-order valence-electron chi connectivity index (χ1n) is 9.60. The highest BCUT2D eigenvalue weighted by molar-refractivity contribution is 8.00. The van der Waals surface area contributed by atoms with Crippen LogP contribution in [0, 0.1) is 6.92 Å². The van der Waals surface area contributed by atoms with Crippen LogP contribution in [0.2, 0.25) is 5.02 Å². The fourth-order valence-corrected chi connectivity index (χ4v) is 4.02. The van der Waals surface area contributed by atoms with Gasteiger partial charge in [-0.2, -0.15) is 0 Å². The van der Waals surface area contributed by atoms with E-state index in [2.05, 4.69) is 15.0 Å². The molecule has 9 heteroatoms. The number of halogens is 1. The molecule has 162 valence electrons. The summed E-state index contributed by atoms with van der Waals surface area (Å²) in [7, 11) is 1.30. The van der Waals surface area contributed by atoms with Crippen molar-refractivity contribution in [3.05, 3.63) is 63.4 Å². The third-order valence-corrected chi connectivity index (χ3v) is 6.03. The highest BCUT2D eigenvalue weighted by Gasteiger charge is 2.20. The van der Waals surface area contributed by atoms with Crippen molar-refractivity contribution in [1.82, 2.24) is 9.55 Å². The number of nitrogens with zero attached hydrogens (tertiary/aromatic N) is 2. The molecule has 1 unspecified atom stereocenters. The van der Waals surface area contributed by atoms with Crippen LogP contribution >= 0.6 is 23.4 Å². The van der Waals surface area contributed by atoms with E-state index in [1.165, 1.54) is 11.7 Å². The van der Waals surface area contributed by atoms with Crippen molar-refractivity contribution >= 4 is 51.8 Å². The molecule has 3 rings (SSSR count). The molecule has 2 aromatic carbocycles.